The van der Waals surface area contributed by atoms with Gasteiger partial charge < -0.3 is 34.3 Å². The van der Waals surface area contributed by atoms with Crippen LogP contribution >= 0.6 is 0 Å². The largest absolute Gasteiger partial charge is 0.490 e. The van der Waals surface area contributed by atoms with Crippen LogP contribution in [0.15, 0.2) is 71.6 Å². The number of anilines is 1. The Balaban J connectivity index is 0.000000679. The van der Waals surface area contributed by atoms with Crippen LogP contribution in [0.1, 0.15) is 24.0 Å². The fourth-order valence-electron chi connectivity index (χ4n) is 6.03. The van der Waals surface area contributed by atoms with E-state index in [1.54, 1.807) is 17.0 Å². The molecular weight excluding hydrogens is 707 g/mol. The van der Waals surface area contributed by atoms with Gasteiger partial charge in [0.25, 0.3) is 0 Å². The third-order valence-electron chi connectivity index (χ3n) is 8.91. The summed E-state index contributed by atoms with van der Waals surface area (Å²) in [7, 11) is -3.36. The number of alkyl halides is 3. The van der Waals surface area contributed by atoms with Crippen LogP contribution in [0.4, 0.5) is 23.7 Å². The second-order valence-electron chi connectivity index (χ2n) is 12.6. The van der Waals surface area contributed by atoms with Gasteiger partial charge in [0.1, 0.15) is 12.4 Å². The number of hydrogen-bond acceptors (Lipinski definition) is 10. The second-order valence-corrected chi connectivity index (χ2v) is 14.7. The molecular formula is C36H42F3N3O9S. The molecule has 0 bridgehead atoms. The molecule has 282 valence electrons. The van der Waals surface area contributed by atoms with Gasteiger partial charge in [0.15, 0.2) is 9.84 Å². The summed E-state index contributed by atoms with van der Waals surface area (Å²) in [5.74, 6) is -1.80. The van der Waals surface area contributed by atoms with Gasteiger partial charge in [-0.3, -0.25) is 4.90 Å². The molecule has 1 amide bonds. The van der Waals surface area contributed by atoms with Crippen LogP contribution in [0.5, 0.6) is 5.75 Å². The van der Waals surface area contributed by atoms with Crippen molar-refractivity contribution in [3.63, 3.8) is 0 Å². The van der Waals surface area contributed by atoms with Crippen molar-refractivity contribution in [3.8, 4) is 16.9 Å². The number of halogens is 3. The number of aliphatic carboxylic acids is 1. The number of likely N-dealkylation sites (tertiary alicyclic amines) is 1. The van der Waals surface area contributed by atoms with Gasteiger partial charge in [-0.05, 0) is 48.2 Å². The topological polar surface area (TPSA) is 144 Å². The molecule has 3 aliphatic rings. The van der Waals surface area contributed by atoms with Crippen molar-refractivity contribution in [3.05, 3.63) is 77.9 Å². The lowest BCUT2D eigenvalue weighted by molar-refractivity contribution is -0.192. The summed E-state index contributed by atoms with van der Waals surface area (Å²) < 4.78 is 79.9. The Bertz CT molecular complexity index is 1780. The maximum atomic E-state index is 12.6. The maximum Gasteiger partial charge on any atom is 0.490 e. The molecule has 52 heavy (non-hydrogen) atoms. The molecule has 3 aromatic rings. The maximum absolute atomic E-state index is 12.6. The average Bonchev–Trinajstić information content (AvgIpc) is 3.14. The molecule has 6 rings (SSSR count). The average molecular weight is 750 g/mol. The number of carboxylic acids is 1. The summed E-state index contributed by atoms with van der Waals surface area (Å²) in [6.45, 7) is 6.64. The first-order chi connectivity index (χ1) is 24.8. The third kappa shape index (κ3) is 10.8. The van der Waals surface area contributed by atoms with Gasteiger partial charge >= 0.3 is 18.2 Å². The van der Waals surface area contributed by atoms with Crippen molar-refractivity contribution in [1.29, 1.82) is 0 Å². The molecule has 2 fully saturated rings. The van der Waals surface area contributed by atoms with Gasteiger partial charge in [-0.25, -0.2) is 18.0 Å². The Morgan fingerprint density at radius 2 is 1.67 bits per heavy atom. The molecule has 1 unspecified atom stereocenters. The zero-order chi connectivity index (χ0) is 37.3. The summed E-state index contributed by atoms with van der Waals surface area (Å²) in [5.41, 5.74) is 4.55. The zero-order valence-corrected chi connectivity index (χ0v) is 29.5. The highest BCUT2D eigenvalue weighted by atomic mass is 32.2. The molecule has 2 saturated heterocycles. The van der Waals surface area contributed by atoms with E-state index in [-0.39, 0.29) is 29.8 Å². The van der Waals surface area contributed by atoms with Crippen LogP contribution < -0.4 is 10.1 Å². The van der Waals surface area contributed by atoms with E-state index >= 15 is 0 Å². The quantitative estimate of drug-likeness (QED) is 0.290. The van der Waals surface area contributed by atoms with E-state index in [4.69, 9.17) is 28.8 Å². The van der Waals surface area contributed by atoms with Gasteiger partial charge in [0, 0.05) is 68.3 Å². The molecule has 3 aliphatic heterocycles. The van der Waals surface area contributed by atoms with E-state index in [0.717, 1.165) is 79.4 Å². The Morgan fingerprint density at radius 3 is 2.33 bits per heavy atom. The highest BCUT2D eigenvalue weighted by molar-refractivity contribution is 7.90. The molecule has 0 aromatic heterocycles. The lowest BCUT2D eigenvalue weighted by Crippen LogP contribution is -2.44. The van der Waals surface area contributed by atoms with Gasteiger partial charge in [0.2, 0.25) is 6.29 Å². The van der Waals surface area contributed by atoms with Crippen molar-refractivity contribution in [2.45, 2.75) is 43.4 Å². The van der Waals surface area contributed by atoms with E-state index in [9.17, 15) is 26.4 Å². The predicted octanol–water partition coefficient (Wildman–Crippen LogP) is 5.42. The minimum atomic E-state index is -5.08. The number of amides is 1. The van der Waals surface area contributed by atoms with Gasteiger partial charge in [-0.15, -0.1) is 0 Å². The van der Waals surface area contributed by atoms with E-state index < -0.39 is 22.0 Å². The molecule has 1 atom stereocenters. The van der Waals surface area contributed by atoms with Gasteiger partial charge in [-0.2, -0.15) is 13.2 Å². The normalized spacial score (nSPS) is 18.3. The summed E-state index contributed by atoms with van der Waals surface area (Å²) in [5, 5.41) is 10.6. The van der Waals surface area contributed by atoms with Gasteiger partial charge in [0.05, 0.1) is 24.7 Å². The molecule has 3 heterocycles. The monoisotopic (exact) mass is 749 g/mol. The van der Waals surface area contributed by atoms with Crippen LogP contribution in [0.25, 0.3) is 11.1 Å². The fraction of sp³-hybridized carbons (Fsp3) is 0.444. The van der Waals surface area contributed by atoms with Crippen molar-refractivity contribution in [2.24, 2.45) is 5.92 Å². The number of ether oxygens (including phenoxy) is 4. The molecule has 0 aliphatic carbocycles. The van der Waals surface area contributed by atoms with Crippen LogP contribution in [-0.2, 0) is 42.1 Å². The highest BCUT2D eigenvalue weighted by Gasteiger charge is 2.38. The first-order valence-electron chi connectivity index (χ1n) is 16.8. The third-order valence-corrected chi connectivity index (χ3v) is 10.0. The minimum absolute atomic E-state index is 0.168. The number of benzene rings is 3. The Labute approximate surface area is 300 Å². The summed E-state index contributed by atoms with van der Waals surface area (Å²) in [4.78, 5) is 25.9. The number of fused-ring (bicyclic) bond motifs is 1. The predicted molar refractivity (Wildman–Crippen MR) is 185 cm³/mol. The zero-order valence-electron chi connectivity index (χ0n) is 28.6. The summed E-state index contributed by atoms with van der Waals surface area (Å²) in [6, 6.07) is 21.0. The van der Waals surface area contributed by atoms with Crippen molar-refractivity contribution >= 4 is 27.6 Å². The molecule has 0 spiro atoms. The molecule has 16 heteroatoms. The van der Waals surface area contributed by atoms with Crippen molar-refractivity contribution < 1.29 is 55.2 Å². The molecule has 12 nitrogen and oxygen atoms in total. The number of morpholine rings is 1. The first-order valence-corrected chi connectivity index (χ1v) is 18.7. The number of sulfone groups is 1. The molecule has 2 N–H and O–H groups in total. The molecule has 0 radical (unpaired) electrons. The Morgan fingerprint density at radius 1 is 0.981 bits per heavy atom. The number of rotatable bonds is 9. The highest BCUT2D eigenvalue weighted by Crippen LogP contribution is 2.37. The van der Waals surface area contributed by atoms with E-state index in [0.29, 0.717) is 26.2 Å². The van der Waals surface area contributed by atoms with E-state index in [1.807, 2.05) is 48.5 Å². The fourth-order valence-corrected chi connectivity index (χ4v) is 6.68. The SMILES string of the molecule is CS(=O)(=O)c1ccc(-c2ccc3c(c2)COC(C2CCN(C(=O)OCc4ccccc4)CC2)O3)c(NCCN2CCOCC2)c1.O=C(O)C(F)(F)F. The van der Waals surface area contributed by atoms with E-state index in [2.05, 4.69) is 16.3 Å². The van der Waals surface area contributed by atoms with Crippen LogP contribution in [0.3, 0.4) is 0 Å². The smallest absolute Gasteiger partial charge is 0.475 e. The number of piperidine rings is 1. The van der Waals surface area contributed by atoms with Gasteiger partial charge in [-0.1, -0.05) is 42.5 Å². The summed E-state index contributed by atoms with van der Waals surface area (Å²) >= 11 is 0. The number of nitrogens with one attached hydrogen (secondary N) is 1. The van der Waals surface area contributed by atoms with E-state index in [1.165, 1.54) is 6.26 Å². The lowest BCUT2D eigenvalue weighted by atomic mass is 9.95. The van der Waals surface area contributed by atoms with Crippen LogP contribution in [0.2, 0.25) is 0 Å². The Kier molecular flexibility index (Phi) is 13.0. The van der Waals surface area contributed by atoms with Crippen molar-refractivity contribution in [1.82, 2.24) is 9.80 Å². The number of carbonyl (C=O) groups is 2. The summed E-state index contributed by atoms with van der Waals surface area (Å²) in [6.07, 6.45) is -2.99. The standard InChI is InChI=1S/C34H41N3O7S.C2HF3O2/c1-45(39,40)29-8-9-30(31(22-29)35-13-16-36-17-19-41-20-18-36)27-7-10-32-28(21-27)24-42-33(44-32)26-11-14-37(15-12-26)34(38)43-23-25-5-3-2-4-6-25;3-2(4,5)1(6)7/h2-10,21-22,26,33,35H,11-20,23-24H2,1H3;(H,6,7). The number of hydrogen-bond donors (Lipinski definition) is 2. The van der Waals surface area contributed by atoms with Crippen LogP contribution in [0, 0.1) is 5.92 Å². The minimum Gasteiger partial charge on any atom is -0.475 e. The van der Waals surface area contributed by atoms with Crippen LogP contribution in [-0.4, -0.2) is 107 Å². The molecule has 0 saturated carbocycles. The lowest BCUT2D eigenvalue weighted by Gasteiger charge is -2.37. The second kappa shape index (κ2) is 17.4. The van der Waals surface area contributed by atoms with Crippen molar-refractivity contribution in [2.75, 3.05) is 64.1 Å². The number of nitrogens with zero attached hydrogens (tertiary/aromatic N) is 2. The first kappa shape index (κ1) is 38.8. The molecule has 3 aromatic carbocycles. The number of carbonyl (C=O) groups excluding carboxylic acids is 1. The number of carboxylic acid groups (broad SMARTS) is 1. The Hall–Kier alpha value is -4.38.